The molecular weight excluding hydrogens is 393 g/mol. The molecule has 0 bridgehead atoms. The highest BCUT2D eigenvalue weighted by Gasteiger charge is 2.43. The summed E-state index contributed by atoms with van der Waals surface area (Å²) in [7, 11) is 0.833. The normalized spacial score (nSPS) is 15.0. The Morgan fingerprint density at radius 1 is 1.17 bits per heavy atom. The van der Waals surface area contributed by atoms with Gasteiger partial charge in [0.1, 0.15) is 19.0 Å². The van der Waals surface area contributed by atoms with Gasteiger partial charge in [-0.2, -0.15) is 9.68 Å². The van der Waals surface area contributed by atoms with Crippen molar-refractivity contribution >= 4 is 31.1 Å². The highest BCUT2D eigenvalue weighted by molar-refractivity contribution is 7.43. The number of rotatable bonds is 4. The Morgan fingerprint density at radius 2 is 1.72 bits per heavy atom. The van der Waals surface area contributed by atoms with E-state index >= 15 is 0 Å². The lowest BCUT2D eigenvalue weighted by atomic mass is 9.82. The third kappa shape index (κ3) is 5.74. The van der Waals surface area contributed by atoms with Gasteiger partial charge in [-0.15, -0.1) is 0 Å². The van der Waals surface area contributed by atoms with Crippen LogP contribution in [0.25, 0.3) is 0 Å². The Hall–Kier alpha value is -2.51. The average Bonchev–Trinajstić information content (AvgIpc) is 2.85. The molecule has 0 spiro atoms. The van der Waals surface area contributed by atoms with Crippen LogP contribution in [-0.4, -0.2) is 47.5 Å². The first-order valence-electron chi connectivity index (χ1n) is 8.84. The van der Waals surface area contributed by atoms with E-state index in [-0.39, 0.29) is 5.41 Å². The molecular formula is C20H26N3O5P. The highest BCUT2D eigenvalue weighted by atomic mass is 31.2. The number of para-hydroxylation sites is 1. The van der Waals surface area contributed by atoms with Crippen molar-refractivity contribution in [3.8, 4) is 5.75 Å². The third-order valence-corrected chi connectivity index (χ3v) is 4.74. The molecule has 1 aliphatic rings. The fourth-order valence-corrected chi connectivity index (χ4v) is 3.24. The Kier molecular flexibility index (Phi) is 6.97. The Balaban J connectivity index is 0.000000537. The Bertz CT molecular complexity index is 956. The summed E-state index contributed by atoms with van der Waals surface area (Å²) in [4.78, 5) is 22.9. The first-order chi connectivity index (χ1) is 13.4. The number of hydrogen-bond acceptors (Lipinski definition) is 5. The van der Waals surface area contributed by atoms with Gasteiger partial charge in [-0.1, -0.05) is 18.2 Å². The predicted molar refractivity (Wildman–Crippen MR) is 112 cm³/mol. The molecule has 2 aromatic rings. The largest absolute Gasteiger partial charge is 0.756 e. The van der Waals surface area contributed by atoms with E-state index in [1.165, 1.54) is 17.0 Å². The Labute approximate surface area is 170 Å². The number of fused-ring (bicyclic) bond motifs is 1. The van der Waals surface area contributed by atoms with Crippen LogP contribution in [0.15, 0.2) is 53.6 Å². The van der Waals surface area contributed by atoms with E-state index in [1.54, 1.807) is 7.11 Å². The van der Waals surface area contributed by atoms with Crippen molar-refractivity contribution in [1.29, 1.82) is 0 Å². The van der Waals surface area contributed by atoms with Gasteiger partial charge in [0.2, 0.25) is 11.4 Å². The minimum atomic E-state index is -4.89. The standard InChI is InChI=1S/C20H24N3O.H3O4P/c1-20(2)17-8-6-7-9-18(17)22(3)19(20)14-21-23(4)15-10-12-16(24-5)13-11-15;1-5(2,3)4/h6-14H,1-5H3;(H3,1,2,3,4)/q+1;/p-1. The van der Waals surface area contributed by atoms with Gasteiger partial charge in [0.05, 0.1) is 18.2 Å². The van der Waals surface area contributed by atoms with Gasteiger partial charge in [0.15, 0.2) is 0 Å². The van der Waals surface area contributed by atoms with Crippen LogP contribution >= 0.6 is 7.82 Å². The molecule has 0 atom stereocenters. The smallest absolute Gasteiger partial charge is 0.262 e. The van der Waals surface area contributed by atoms with Crippen molar-refractivity contribution in [2.24, 2.45) is 5.10 Å². The molecule has 3 rings (SSSR count). The maximum absolute atomic E-state index is 8.77. The number of anilines is 1. The summed E-state index contributed by atoms with van der Waals surface area (Å²) in [6.45, 7) is 4.48. The maximum atomic E-state index is 8.77. The zero-order valence-electron chi connectivity index (χ0n) is 17.1. The summed E-state index contributed by atoms with van der Waals surface area (Å²) in [6.07, 6.45) is 1.96. The van der Waals surface area contributed by atoms with E-state index in [4.69, 9.17) is 24.0 Å². The number of nitrogens with zero attached hydrogens (tertiary/aromatic N) is 3. The highest BCUT2D eigenvalue weighted by Crippen LogP contribution is 2.38. The van der Waals surface area contributed by atoms with E-state index in [0.717, 1.165) is 11.4 Å². The summed E-state index contributed by atoms with van der Waals surface area (Å²) in [5.41, 5.74) is 4.72. The predicted octanol–water partition coefficient (Wildman–Crippen LogP) is 2.26. The second kappa shape index (κ2) is 8.88. The summed E-state index contributed by atoms with van der Waals surface area (Å²) in [5, 5.41) is 6.52. The summed E-state index contributed by atoms with van der Waals surface area (Å²) in [5.74, 6) is 0.845. The zero-order chi connectivity index (χ0) is 21.8. The fourth-order valence-electron chi connectivity index (χ4n) is 3.24. The van der Waals surface area contributed by atoms with Crippen molar-refractivity contribution < 1.29 is 28.6 Å². The van der Waals surface area contributed by atoms with E-state index < -0.39 is 7.82 Å². The number of ether oxygens (including phenoxy) is 1. The summed E-state index contributed by atoms with van der Waals surface area (Å²) < 4.78 is 16.2. The van der Waals surface area contributed by atoms with E-state index in [0.29, 0.717) is 0 Å². The molecule has 9 heteroatoms. The minimum absolute atomic E-state index is 0.0599. The van der Waals surface area contributed by atoms with Crippen molar-refractivity contribution in [1.82, 2.24) is 0 Å². The van der Waals surface area contributed by atoms with E-state index in [9.17, 15) is 0 Å². The lowest BCUT2D eigenvalue weighted by molar-refractivity contribution is -0.400. The lowest BCUT2D eigenvalue weighted by Crippen LogP contribution is -2.30. The van der Waals surface area contributed by atoms with Gasteiger partial charge in [0, 0.05) is 18.7 Å². The monoisotopic (exact) mass is 419 g/mol. The molecule has 0 saturated carbocycles. The lowest BCUT2D eigenvalue weighted by Gasteiger charge is -2.16. The van der Waals surface area contributed by atoms with Crippen LogP contribution in [0.5, 0.6) is 5.75 Å². The van der Waals surface area contributed by atoms with E-state index in [2.05, 4.69) is 54.8 Å². The van der Waals surface area contributed by atoms with Crippen LogP contribution < -0.4 is 14.6 Å². The van der Waals surface area contributed by atoms with Gasteiger partial charge < -0.3 is 19.4 Å². The second-order valence-electron chi connectivity index (χ2n) is 7.04. The summed E-state index contributed by atoms with van der Waals surface area (Å²) >= 11 is 0. The van der Waals surface area contributed by atoms with Crippen molar-refractivity contribution in [2.75, 3.05) is 26.2 Å². The first kappa shape index (κ1) is 22.8. The van der Waals surface area contributed by atoms with Crippen LogP contribution in [0.1, 0.15) is 19.4 Å². The van der Waals surface area contributed by atoms with Gasteiger partial charge in [-0.3, -0.25) is 9.57 Å². The van der Waals surface area contributed by atoms with Crippen molar-refractivity contribution in [3.05, 3.63) is 54.1 Å². The molecule has 2 aromatic carbocycles. The van der Waals surface area contributed by atoms with Gasteiger partial charge >= 0.3 is 0 Å². The minimum Gasteiger partial charge on any atom is -0.756 e. The molecule has 0 unspecified atom stereocenters. The van der Waals surface area contributed by atoms with Crippen LogP contribution in [0.3, 0.4) is 0 Å². The summed E-state index contributed by atoms with van der Waals surface area (Å²) in [6, 6.07) is 16.4. The van der Waals surface area contributed by atoms with Crippen molar-refractivity contribution in [2.45, 2.75) is 19.3 Å². The number of phosphoric acid groups is 1. The molecule has 1 aliphatic heterocycles. The molecule has 29 heavy (non-hydrogen) atoms. The number of methoxy groups -OCH3 is 1. The first-order valence-corrected chi connectivity index (χ1v) is 10.4. The van der Waals surface area contributed by atoms with Crippen LogP contribution in [-0.2, 0) is 9.98 Å². The van der Waals surface area contributed by atoms with Gasteiger partial charge in [-0.05, 0) is 38.1 Å². The quantitative estimate of drug-likeness (QED) is 0.341. The van der Waals surface area contributed by atoms with Gasteiger partial charge in [0.25, 0.3) is 7.82 Å². The maximum Gasteiger partial charge on any atom is 0.262 e. The number of hydrogen-bond donors (Lipinski definition) is 2. The molecule has 0 radical (unpaired) electrons. The van der Waals surface area contributed by atoms with Crippen LogP contribution in [0, 0.1) is 0 Å². The molecule has 0 aliphatic carbocycles. The molecule has 8 nitrogen and oxygen atoms in total. The topological polar surface area (TPSA) is 108 Å². The fraction of sp³-hybridized carbons (Fsp3) is 0.300. The molecule has 0 saturated heterocycles. The molecule has 0 fully saturated rings. The van der Waals surface area contributed by atoms with E-state index in [1.807, 2.05) is 42.5 Å². The van der Waals surface area contributed by atoms with Crippen LogP contribution in [0.4, 0.5) is 11.4 Å². The van der Waals surface area contributed by atoms with Crippen LogP contribution in [0.2, 0.25) is 0 Å². The SMILES string of the molecule is COc1ccc(N(C)N=CC2=[N+](C)c3ccccc3C2(C)C)cc1.O=P([O-])(O)O. The molecule has 1 heterocycles. The third-order valence-electron chi connectivity index (χ3n) is 4.74. The molecule has 2 N–H and O–H groups in total. The second-order valence-corrected chi connectivity index (χ2v) is 8.02. The Morgan fingerprint density at radius 3 is 2.24 bits per heavy atom. The number of benzene rings is 2. The van der Waals surface area contributed by atoms with Gasteiger partial charge in [-0.25, -0.2) is 0 Å². The van der Waals surface area contributed by atoms with Crippen molar-refractivity contribution in [3.63, 3.8) is 0 Å². The zero-order valence-corrected chi connectivity index (χ0v) is 18.0. The molecule has 0 amide bonds. The number of hydrazone groups is 1. The molecule has 0 aromatic heterocycles. The average molecular weight is 419 g/mol. The molecule has 156 valence electrons.